The quantitative estimate of drug-likeness (QED) is 0.299. The second-order valence-corrected chi connectivity index (χ2v) is 6.14. The third kappa shape index (κ3) is 4.34. The van der Waals surface area contributed by atoms with Gasteiger partial charge in [-0.05, 0) is 0 Å². The smallest absolute Gasteiger partial charge is 0.394 e. The summed E-state index contributed by atoms with van der Waals surface area (Å²) < 4.78 is 33.7. The summed E-state index contributed by atoms with van der Waals surface area (Å²) in [6.45, 7) is -0.701. The minimum atomic E-state index is -5.29. The number of ether oxygens (including phenoxy) is 1. The first-order valence-electron chi connectivity index (χ1n) is 4.46. The van der Waals surface area contributed by atoms with Crippen LogP contribution in [-0.4, -0.2) is 61.2 Å². The van der Waals surface area contributed by atoms with Crippen molar-refractivity contribution in [1.82, 2.24) is 0 Å². The van der Waals surface area contributed by atoms with Gasteiger partial charge < -0.3 is 34.7 Å². The van der Waals surface area contributed by atoms with E-state index in [0.29, 0.717) is 0 Å². The topological polar surface area (TPSA) is 183 Å². The van der Waals surface area contributed by atoms with Crippen molar-refractivity contribution < 1.29 is 52.7 Å². The van der Waals surface area contributed by atoms with Crippen molar-refractivity contribution in [1.29, 1.82) is 0 Å². The molecule has 1 rings (SSSR count). The van der Waals surface area contributed by atoms with E-state index in [1.165, 1.54) is 0 Å². The molecule has 0 aromatic rings. The highest BCUT2D eigenvalue weighted by Crippen LogP contribution is 2.58. The van der Waals surface area contributed by atoms with E-state index in [1.54, 1.807) is 0 Å². The fourth-order valence-electron chi connectivity index (χ4n) is 1.24. The van der Waals surface area contributed by atoms with Crippen LogP contribution in [-0.2, 0) is 22.7 Å². The summed E-state index contributed by atoms with van der Waals surface area (Å²) in [5.41, 5.74) is 0. The van der Waals surface area contributed by atoms with Gasteiger partial charge in [0, 0.05) is 0 Å². The molecule has 0 saturated carbocycles. The van der Waals surface area contributed by atoms with Crippen molar-refractivity contribution in [2.45, 2.75) is 24.6 Å². The first kappa shape index (κ1) is 16.2. The fraction of sp³-hybridized carbons (Fsp3) is 1.00. The minimum absolute atomic E-state index is 0.701. The molecular weight excluding hydrogens is 298 g/mol. The van der Waals surface area contributed by atoms with Crippen LogP contribution in [0.2, 0.25) is 0 Å². The number of aliphatic hydroxyl groups is 3. The van der Waals surface area contributed by atoms with Crippen molar-refractivity contribution in [3.8, 4) is 0 Å². The number of aliphatic hydroxyl groups excluding tert-OH is 3. The number of hydrogen-bond acceptors (Lipinski definition) is 8. The molecular formula is C5H12O11P2. The second kappa shape index (κ2) is 5.61. The Morgan fingerprint density at radius 1 is 1.11 bits per heavy atom. The Hall–Kier alpha value is 0.1000. The molecule has 0 bridgehead atoms. The maximum absolute atomic E-state index is 11.1. The monoisotopic (exact) mass is 310 g/mol. The summed E-state index contributed by atoms with van der Waals surface area (Å²) >= 11 is 0. The van der Waals surface area contributed by atoms with Gasteiger partial charge in [0.1, 0.15) is 18.3 Å². The molecule has 1 fully saturated rings. The van der Waals surface area contributed by atoms with E-state index >= 15 is 0 Å². The van der Waals surface area contributed by atoms with Gasteiger partial charge in [-0.15, -0.1) is 0 Å². The molecule has 1 unspecified atom stereocenters. The maximum atomic E-state index is 11.1. The number of rotatable bonds is 5. The van der Waals surface area contributed by atoms with E-state index in [4.69, 9.17) is 19.8 Å². The van der Waals surface area contributed by atoms with Gasteiger partial charge in [-0.3, -0.25) is 4.52 Å². The molecule has 0 aromatic carbocycles. The van der Waals surface area contributed by atoms with E-state index in [1.807, 2.05) is 0 Å². The summed E-state index contributed by atoms with van der Waals surface area (Å²) in [6, 6.07) is 0. The molecule has 6 N–H and O–H groups in total. The lowest BCUT2D eigenvalue weighted by atomic mass is 10.1. The van der Waals surface area contributed by atoms with Gasteiger partial charge >= 0.3 is 15.6 Å². The van der Waals surface area contributed by atoms with Crippen LogP contribution in [0.4, 0.5) is 0 Å². The zero-order valence-corrected chi connectivity index (χ0v) is 10.4. The SMILES string of the molecule is O=P(O)(O)OP(=O)(O)O[C@H]1O[C@H](CO)[C@@H](O)[C@H]1O. The summed E-state index contributed by atoms with van der Waals surface area (Å²) in [5, 5.41) is 27.3. The Balaban J connectivity index is 2.68. The van der Waals surface area contributed by atoms with Crippen molar-refractivity contribution >= 4 is 15.6 Å². The van der Waals surface area contributed by atoms with Crippen LogP contribution in [0.15, 0.2) is 0 Å². The zero-order valence-electron chi connectivity index (χ0n) is 8.64. The highest BCUT2D eigenvalue weighted by molar-refractivity contribution is 7.60. The number of hydrogen-bond donors (Lipinski definition) is 6. The van der Waals surface area contributed by atoms with E-state index in [9.17, 15) is 19.3 Å². The molecule has 0 aromatic heterocycles. The number of phosphoric ester groups is 1. The molecule has 0 radical (unpaired) electrons. The van der Waals surface area contributed by atoms with Gasteiger partial charge in [0.2, 0.25) is 0 Å². The summed E-state index contributed by atoms with van der Waals surface area (Å²) in [5.74, 6) is 0. The lowest BCUT2D eigenvalue weighted by Crippen LogP contribution is -2.34. The van der Waals surface area contributed by atoms with Crippen LogP contribution >= 0.6 is 15.6 Å². The molecule has 1 saturated heterocycles. The summed E-state index contributed by atoms with van der Waals surface area (Å²) in [4.78, 5) is 25.6. The predicted octanol–water partition coefficient (Wildman–Crippen LogP) is -2.35. The van der Waals surface area contributed by atoms with Gasteiger partial charge in [0.25, 0.3) is 0 Å². The predicted molar refractivity (Wildman–Crippen MR) is 51.8 cm³/mol. The zero-order chi connectivity index (χ0) is 14.1. The Labute approximate surface area is 100 Å². The third-order valence-electron chi connectivity index (χ3n) is 1.95. The molecule has 11 nitrogen and oxygen atoms in total. The van der Waals surface area contributed by atoms with Crippen LogP contribution in [0.25, 0.3) is 0 Å². The Bertz CT molecular complexity index is 378. The molecule has 0 spiro atoms. The average Bonchev–Trinajstić information content (AvgIpc) is 2.41. The van der Waals surface area contributed by atoms with Gasteiger partial charge in [-0.1, -0.05) is 0 Å². The maximum Gasteiger partial charge on any atom is 0.483 e. The normalized spacial score (nSPS) is 36.6. The van der Waals surface area contributed by atoms with Gasteiger partial charge in [0.15, 0.2) is 6.29 Å². The van der Waals surface area contributed by atoms with E-state index in [2.05, 4.69) is 13.6 Å². The lowest BCUT2D eigenvalue weighted by Gasteiger charge is -2.18. The molecule has 1 aliphatic heterocycles. The van der Waals surface area contributed by atoms with Crippen molar-refractivity contribution in [2.24, 2.45) is 0 Å². The highest BCUT2D eigenvalue weighted by Gasteiger charge is 2.47. The lowest BCUT2D eigenvalue weighted by molar-refractivity contribution is -0.125. The molecule has 18 heavy (non-hydrogen) atoms. The minimum Gasteiger partial charge on any atom is -0.394 e. The van der Waals surface area contributed by atoms with E-state index in [-0.39, 0.29) is 0 Å². The third-order valence-corrected chi connectivity index (χ3v) is 4.10. The van der Waals surface area contributed by atoms with Gasteiger partial charge in [0.05, 0.1) is 6.61 Å². The second-order valence-electron chi connectivity index (χ2n) is 3.35. The first-order valence-corrected chi connectivity index (χ1v) is 7.49. The van der Waals surface area contributed by atoms with Crippen molar-refractivity contribution in [3.63, 3.8) is 0 Å². The van der Waals surface area contributed by atoms with Crippen LogP contribution in [0.5, 0.6) is 0 Å². The standard InChI is InChI=1S/C5H12O11P2/c6-1-2-3(7)4(8)5(14-2)15-18(12,13)16-17(9,10)11/h2-8H,1H2,(H,12,13)(H2,9,10,11)/t2-,3-,4-,5-/m1/s1. The van der Waals surface area contributed by atoms with E-state index < -0.39 is 46.9 Å². The van der Waals surface area contributed by atoms with E-state index in [0.717, 1.165) is 0 Å². The van der Waals surface area contributed by atoms with Crippen molar-refractivity contribution in [3.05, 3.63) is 0 Å². The van der Waals surface area contributed by atoms with Gasteiger partial charge in [-0.25, -0.2) is 9.13 Å². The number of phosphoric acid groups is 2. The van der Waals surface area contributed by atoms with Gasteiger partial charge in [-0.2, -0.15) is 4.31 Å². The Morgan fingerprint density at radius 2 is 1.67 bits per heavy atom. The van der Waals surface area contributed by atoms with Crippen LogP contribution in [0, 0.1) is 0 Å². The molecule has 1 aliphatic rings. The molecule has 5 atom stereocenters. The van der Waals surface area contributed by atoms with Crippen molar-refractivity contribution in [2.75, 3.05) is 6.61 Å². The summed E-state index contributed by atoms with van der Waals surface area (Å²) in [7, 11) is -10.5. The molecule has 108 valence electrons. The Morgan fingerprint density at radius 3 is 2.06 bits per heavy atom. The molecule has 13 heteroatoms. The first-order chi connectivity index (χ1) is 8.06. The van der Waals surface area contributed by atoms with Crippen LogP contribution in [0.1, 0.15) is 0 Å². The van der Waals surface area contributed by atoms with Crippen LogP contribution < -0.4 is 0 Å². The molecule has 0 aliphatic carbocycles. The fourth-order valence-corrected chi connectivity index (χ4v) is 2.90. The highest BCUT2D eigenvalue weighted by atomic mass is 31.3. The molecule has 1 heterocycles. The van der Waals surface area contributed by atoms with Crippen LogP contribution in [0.3, 0.4) is 0 Å². The Kier molecular flexibility index (Phi) is 5.04. The summed E-state index contributed by atoms with van der Waals surface area (Å²) in [6.07, 6.45) is -6.52. The molecule has 0 amide bonds. The largest absolute Gasteiger partial charge is 0.483 e. The average molecular weight is 310 g/mol.